The van der Waals surface area contributed by atoms with Gasteiger partial charge in [0.15, 0.2) is 0 Å². The molecule has 2 aliphatic rings. The number of nitrogens with zero attached hydrogens (tertiary/aromatic N) is 1. The minimum atomic E-state index is -0.580. The van der Waals surface area contributed by atoms with Crippen molar-refractivity contribution in [1.29, 1.82) is 0 Å². The van der Waals surface area contributed by atoms with E-state index in [9.17, 15) is 9.90 Å². The van der Waals surface area contributed by atoms with Crippen LogP contribution in [-0.2, 0) is 9.53 Å². The Balaban J connectivity index is 0.00000243. The van der Waals surface area contributed by atoms with Crippen molar-refractivity contribution in [3.8, 4) is 0 Å². The Kier molecular flexibility index (Phi) is 7.72. The molecule has 0 amide bonds. The second-order valence-electron chi connectivity index (χ2n) is 7.79. The van der Waals surface area contributed by atoms with Crippen LogP contribution in [0.4, 0.5) is 0 Å². The second-order valence-corrected chi connectivity index (χ2v) is 8.43. The van der Waals surface area contributed by atoms with Crippen LogP contribution in [-0.4, -0.2) is 58.8 Å². The van der Waals surface area contributed by atoms with Gasteiger partial charge in [-0.2, -0.15) is 0 Å². The number of hydrogen-bond donors (Lipinski definition) is 1. The summed E-state index contributed by atoms with van der Waals surface area (Å²) < 4.78 is 6.96. The van der Waals surface area contributed by atoms with Crippen molar-refractivity contribution in [2.45, 2.75) is 62.8 Å². The quantitative estimate of drug-likeness (QED) is 0.353. The molecule has 4 unspecified atom stereocenters. The number of piperidine rings is 1. The largest absolute Gasteiger partial charge is 1.00 e. The lowest BCUT2D eigenvalue weighted by Crippen LogP contribution is -3.00. The molecule has 0 aliphatic carbocycles. The molecular formula is C20H29Br2NO3. The number of halogens is 2. The molecule has 0 radical (unpaired) electrons. The smallest absolute Gasteiger partial charge is 0.316 e. The van der Waals surface area contributed by atoms with Crippen molar-refractivity contribution in [1.82, 2.24) is 0 Å². The fourth-order valence-corrected chi connectivity index (χ4v) is 5.47. The molecule has 26 heavy (non-hydrogen) atoms. The number of carbonyl (C=O) groups is 1. The van der Waals surface area contributed by atoms with Crippen LogP contribution in [0.15, 0.2) is 30.3 Å². The monoisotopic (exact) mass is 489 g/mol. The van der Waals surface area contributed by atoms with Gasteiger partial charge in [-0.3, -0.25) is 4.79 Å². The van der Waals surface area contributed by atoms with E-state index < -0.39 is 5.92 Å². The molecule has 4 nitrogen and oxygen atoms in total. The first-order valence-electron chi connectivity index (χ1n) is 9.28. The average molecular weight is 491 g/mol. The van der Waals surface area contributed by atoms with Crippen molar-refractivity contribution < 1.29 is 36.1 Å². The predicted octanol–water partition coefficient (Wildman–Crippen LogP) is 0.233. The summed E-state index contributed by atoms with van der Waals surface area (Å²) in [6.45, 7) is 2.10. The molecule has 1 N–H and O–H groups in total. The lowest BCUT2D eigenvalue weighted by molar-refractivity contribution is -0.967. The maximum absolute atomic E-state index is 12.6. The second kappa shape index (κ2) is 9.18. The number of quaternary nitrogens is 1. The van der Waals surface area contributed by atoms with E-state index in [-0.39, 0.29) is 35.7 Å². The minimum absolute atomic E-state index is 0. The molecule has 0 spiro atoms. The van der Waals surface area contributed by atoms with Crippen molar-refractivity contribution in [2.24, 2.45) is 0 Å². The molecule has 2 bridgehead atoms. The molecule has 3 rings (SSSR count). The average Bonchev–Trinajstić information content (AvgIpc) is 2.80. The van der Waals surface area contributed by atoms with Crippen LogP contribution in [0.1, 0.15) is 44.1 Å². The van der Waals surface area contributed by atoms with E-state index in [0.717, 1.165) is 28.2 Å². The fraction of sp³-hybridized carbons (Fsp3) is 0.650. The molecule has 1 aromatic carbocycles. The Hall–Kier alpha value is -0.430. The van der Waals surface area contributed by atoms with E-state index in [0.29, 0.717) is 18.1 Å². The number of carbonyl (C=O) groups excluding carboxylic acids is 1. The zero-order valence-electron chi connectivity index (χ0n) is 15.5. The van der Waals surface area contributed by atoms with Crippen molar-refractivity contribution in [3.63, 3.8) is 0 Å². The predicted molar refractivity (Wildman–Crippen MR) is 102 cm³/mol. The Morgan fingerprint density at radius 1 is 1.27 bits per heavy atom. The fourth-order valence-electron chi connectivity index (χ4n) is 4.84. The third kappa shape index (κ3) is 4.03. The van der Waals surface area contributed by atoms with Crippen molar-refractivity contribution >= 4 is 21.9 Å². The first kappa shape index (κ1) is 21.9. The van der Waals surface area contributed by atoms with Crippen molar-refractivity contribution in [2.75, 3.05) is 19.0 Å². The van der Waals surface area contributed by atoms with Gasteiger partial charge in [-0.1, -0.05) is 46.3 Å². The van der Waals surface area contributed by atoms with Crippen LogP contribution in [0.25, 0.3) is 0 Å². The summed E-state index contributed by atoms with van der Waals surface area (Å²) in [4.78, 5) is 12.6. The van der Waals surface area contributed by atoms with Gasteiger partial charge in [-0.05, 0) is 12.5 Å². The number of fused-ring (bicyclic) bond motifs is 2. The SMILES string of the molecule is CC(CBr)[N+]1(C)C2CCC1CC(OC(=O)C(CO)c1ccccc1)C2.[Br-]. The molecule has 146 valence electrons. The molecule has 2 fully saturated rings. The van der Waals surface area contributed by atoms with Crippen LogP contribution in [0.2, 0.25) is 0 Å². The highest BCUT2D eigenvalue weighted by Gasteiger charge is 2.54. The van der Waals surface area contributed by atoms with Gasteiger partial charge in [0.25, 0.3) is 0 Å². The highest BCUT2D eigenvalue weighted by atomic mass is 79.9. The number of benzene rings is 1. The summed E-state index contributed by atoms with van der Waals surface area (Å²) in [6.07, 6.45) is 4.28. The number of hydrogen-bond acceptors (Lipinski definition) is 3. The topological polar surface area (TPSA) is 46.5 Å². The van der Waals surface area contributed by atoms with E-state index in [4.69, 9.17) is 4.74 Å². The maximum atomic E-state index is 12.6. The summed E-state index contributed by atoms with van der Waals surface area (Å²) in [7, 11) is 2.37. The van der Waals surface area contributed by atoms with Gasteiger partial charge in [-0.15, -0.1) is 0 Å². The van der Waals surface area contributed by atoms with Crippen LogP contribution >= 0.6 is 15.9 Å². The first-order chi connectivity index (χ1) is 12.0. The van der Waals surface area contributed by atoms with Crippen LogP contribution < -0.4 is 17.0 Å². The van der Waals surface area contributed by atoms with E-state index in [1.807, 2.05) is 30.3 Å². The molecule has 0 saturated carbocycles. The zero-order chi connectivity index (χ0) is 18.0. The first-order valence-corrected chi connectivity index (χ1v) is 10.4. The van der Waals surface area contributed by atoms with Gasteiger partial charge in [0.2, 0.25) is 0 Å². The van der Waals surface area contributed by atoms with E-state index >= 15 is 0 Å². The lowest BCUT2D eigenvalue weighted by atomic mass is 9.94. The number of ether oxygens (including phenoxy) is 1. The normalized spacial score (nSPS) is 32.4. The molecule has 0 aromatic heterocycles. The number of esters is 1. The summed E-state index contributed by atoms with van der Waals surface area (Å²) in [6, 6.07) is 11.1. The molecular weight excluding hydrogens is 462 g/mol. The zero-order valence-corrected chi connectivity index (χ0v) is 18.7. The summed E-state index contributed by atoms with van der Waals surface area (Å²) in [5.41, 5.74) is 0.822. The number of aliphatic hydroxyl groups is 1. The molecule has 4 atom stereocenters. The Bertz CT molecular complexity index is 584. The lowest BCUT2D eigenvalue weighted by Gasteiger charge is -2.50. The summed E-state index contributed by atoms with van der Waals surface area (Å²) in [5, 5.41) is 10.7. The van der Waals surface area contributed by atoms with Gasteiger partial charge >= 0.3 is 5.97 Å². The molecule has 2 saturated heterocycles. The molecule has 6 heteroatoms. The van der Waals surface area contributed by atoms with Gasteiger partial charge in [-0.25, -0.2) is 0 Å². The third-order valence-corrected chi connectivity index (χ3v) is 7.54. The highest BCUT2D eigenvalue weighted by molar-refractivity contribution is 9.09. The van der Waals surface area contributed by atoms with Gasteiger partial charge in [0.1, 0.15) is 12.0 Å². The minimum Gasteiger partial charge on any atom is -1.00 e. The Labute approximate surface area is 175 Å². The maximum Gasteiger partial charge on any atom is 0.316 e. The van der Waals surface area contributed by atoms with Gasteiger partial charge < -0.3 is 31.3 Å². The molecule has 2 aliphatic heterocycles. The van der Waals surface area contributed by atoms with Crippen molar-refractivity contribution in [3.05, 3.63) is 35.9 Å². The van der Waals surface area contributed by atoms with E-state index in [1.165, 1.54) is 12.8 Å². The van der Waals surface area contributed by atoms with Crippen LogP contribution in [0.3, 0.4) is 0 Å². The Morgan fingerprint density at radius 2 is 1.85 bits per heavy atom. The Morgan fingerprint density at radius 3 is 2.35 bits per heavy atom. The molecule has 1 aromatic rings. The summed E-state index contributed by atoms with van der Waals surface area (Å²) >= 11 is 3.65. The highest BCUT2D eigenvalue weighted by Crippen LogP contribution is 2.44. The standard InChI is InChI=1S/C20H29BrNO3.BrH/c1-14(12-21)22(2)16-8-9-17(22)11-18(10-16)25-20(24)19(13-23)15-6-4-3-5-7-15;/h3-7,14,16-19,23H,8-13H2,1-2H3;1H/q+1;/p-1. The summed E-state index contributed by atoms with van der Waals surface area (Å²) in [5.74, 6) is -0.870. The number of rotatable bonds is 6. The van der Waals surface area contributed by atoms with E-state index in [1.54, 1.807) is 0 Å². The van der Waals surface area contributed by atoms with Gasteiger partial charge in [0.05, 0.1) is 37.1 Å². The number of alkyl halides is 1. The van der Waals surface area contributed by atoms with Gasteiger partial charge in [0, 0.05) is 25.7 Å². The van der Waals surface area contributed by atoms with Crippen LogP contribution in [0, 0.1) is 0 Å². The van der Waals surface area contributed by atoms with Crippen LogP contribution in [0.5, 0.6) is 0 Å². The number of aliphatic hydroxyl groups excluding tert-OH is 1. The third-order valence-electron chi connectivity index (χ3n) is 6.60. The molecule has 2 heterocycles. The van der Waals surface area contributed by atoms with E-state index in [2.05, 4.69) is 29.9 Å².